The van der Waals surface area contributed by atoms with E-state index in [1.165, 1.54) is 0 Å². The van der Waals surface area contributed by atoms with E-state index in [-0.39, 0.29) is 17.7 Å². The predicted molar refractivity (Wildman–Crippen MR) is 103 cm³/mol. The molecule has 2 aromatic rings. The normalized spacial score (nSPS) is 18.6. The van der Waals surface area contributed by atoms with Crippen LogP contribution in [-0.4, -0.2) is 53.8 Å². The number of benzene rings is 1. The Morgan fingerprint density at radius 2 is 2.21 bits per heavy atom. The van der Waals surface area contributed by atoms with Crippen LogP contribution < -0.4 is 15.6 Å². The van der Waals surface area contributed by atoms with Gasteiger partial charge in [-0.3, -0.25) is 4.79 Å². The average molecular weight is 384 g/mol. The fourth-order valence-corrected chi connectivity index (χ4v) is 3.62. The monoisotopic (exact) mass is 384 g/mol. The average Bonchev–Trinajstić information content (AvgIpc) is 3.25. The molecule has 28 heavy (non-hydrogen) atoms. The number of fused-ring (bicyclic) bond motifs is 1. The molecule has 2 N–H and O–H groups in total. The number of carbonyl (C=O) groups is 1. The van der Waals surface area contributed by atoms with Gasteiger partial charge >= 0.3 is 6.03 Å². The van der Waals surface area contributed by atoms with Crippen LogP contribution in [0.2, 0.25) is 0 Å². The lowest BCUT2D eigenvalue weighted by Crippen LogP contribution is -2.46. The van der Waals surface area contributed by atoms with E-state index in [0.717, 1.165) is 30.8 Å². The molecule has 1 fully saturated rings. The number of ether oxygens (including phenoxy) is 2. The number of nitrogens with one attached hydrogen (secondary N) is 2. The molecule has 0 bridgehead atoms. The Kier molecular flexibility index (Phi) is 5.29. The number of aromatic nitrogens is 2. The summed E-state index contributed by atoms with van der Waals surface area (Å²) in [5.74, 6) is 1.23. The molecule has 0 aliphatic carbocycles. The summed E-state index contributed by atoms with van der Waals surface area (Å²) < 4.78 is 10.7. The third kappa shape index (κ3) is 3.87. The maximum atomic E-state index is 12.5. The zero-order chi connectivity index (χ0) is 19.5. The topological polar surface area (TPSA) is 96.5 Å². The molecule has 8 nitrogen and oxygen atoms in total. The van der Waals surface area contributed by atoms with E-state index >= 15 is 0 Å². The first-order valence-electron chi connectivity index (χ1n) is 9.55. The second-order valence-corrected chi connectivity index (χ2v) is 7.06. The number of rotatable bonds is 4. The van der Waals surface area contributed by atoms with Crippen molar-refractivity contribution in [2.24, 2.45) is 0 Å². The lowest BCUT2D eigenvalue weighted by Gasteiger charge is -2.28. The smallest absolute Gasteiger partial charge is 0.317 e. The lowest BCUT2D eigenvalue weighted by atomic mass is 10.1. The van der Waals surface area contributed by atoms with E-state index in [0.29, 0.717) is 43.1 Å². The van der Waals surface area contributed by atoms with Crippen LogP contribution in [0.15, 0.2) is 29.1 Å². The van der Waals surface area contributed by atoms with Gasteiger partial charge in [0, 0.05) is 30.8 Å². The van der Waals surface area contributed by atoms with E-state index in [9.17, 15) is 9.59 Å². The summed E-state index contributed by atoms with van der Waals surface area (Å²) in [4.78, 5) is 34.2. The molecule has 1 aromatic heterocycles. The minimum Gasteiger partial charge on any atom is -0.497 e. The van der Waals surface area contributed by atoms with E-state index in [4.69, 9.17) is 9.47 Å². The number of aromatic amines is 1. The summed E-state index contributed by atoms with van der Waals surface area (Å²) in [7, 11) is 1.60. The van der Waals surface area contributed by atoms with Gasteiger partial charge in [-0.1, -0.05) is 0 Å². The maximum absolute atomic E-state index is 12.5. The van der Waals surface area contributed by atoms with Crippen molar-refractivity contribution in [3.63, 3.8) is 0 Å². The largest absolute Gasteiger partial charge is 0.497 e. The van der Waals surface area contributed by atoms with Crippen LogP contribution in [0.1, 0.15) is 24.1 Å². The van der Waals surface area contributed by atoms with E-state index in [1.807, 2.05) is 24.3 Å². The van der Waals surface area contributed by atoms with Gasteiger partial charge in [-0.2, -0.15) is 0 Å². The Morgan fingerprint density at radius 1 is 1.39 bits per heavy atom. The molecule has 1 atom stereocenters. The molecule has 0 unspecified atom stereocenters. The summed E-state index contributed by atoms with van der Waals surface area (Å²) in [6.07, 6.45) is 2.61. The van der Waals surface area contributed by atoms with Gasteiger partial charge in [0.05, 0.1) is 25.5 Å². The molecule has 0 saturated carbocycles. The predicted octanol–water partition coefficient (Wildman–Crippen LogP) is 1.69. The molecule has 3 heterocycles. The highest BCUT2D eigenvalue weighted by Crippen LogP contribution is 2.21. The molecule has 1 saturated heterocycles. The van der Waals surface area contributed by atoms with Gasteiger partial charge in [0.15, 0.2) is 0 Å². The molecule has 148 valence electrons. The van der Waals surface area contributed by atoms with Crippen LogP contribution >= 0.6 is 0 Å². The van der Waals surface area contributed by atoms with Crippen LogP contribution in [0.25, 0.3) is 11.4 Å². The molecule has 0 radical (unpaired) electrons. The van der Waals surface area contributed by atoms with Crippen molar-refractivity contribution in [2.75, 3.05) is 26.8 Å². The first kappa shape index (κ1) is 18.5. The van der Waals surface area contributed by atoms with Crippen LogP contribution in [-0.2, 0) is 17.7 Å². The van der Waals surface area contributed by atoms with Crippen LogP contribution in [0.4, 0.5) is 4.79 Å². The number of hydrogen-bond acceptors (Lipinski definition) is 5. The van der Waals surface area contributed by atoms with Crippen molar-refractivity contribution < 1.29 is 14.3 Å². The van der Waals surface area contributed by atoms with Crippen molar-refractivity contribution in [1.82, 2.24) is 20.2 Å². The zero-order valence-electron chi connectivity index (χ0n) is 15.9. The standard InChI is InChI=1S/C20H24N4O4/c1-27-14-6-4-13(5-7-14)18-22-17-12-24(9-8-16(17)19(25)23-18)20(26)21-11-15-3-2-10-28-15/h4-7,15H,2-3,8-12H2,1H3,(H,21,26)(H,22,23,25)/t15-/m1/s1. The van der Waals surface area contributed by atoms with Gasteiger partial charge < -0.3 is 24.7 Å². The Hall–Kier alpha value is -2.87. The third-order valence-corrected chi connectivity index (χ3v) is 5.23. The highest BCUT2D eigenvalue weighted by molar-refractivity contribution is 5.74. The van der Waals surface area contributed by atoms with Gasteiger partial charge in [0.2, 0.25) is 0 Å². The van der Waals surface area contributed by atoms with Gasteiger partial charge in [-0.05, 0) is 43.5 Å². The quantitative estimate of drug-likeness (QED) is 0.836. The Labute approximate surface area is 162 Å². The fraction of sp³-hybridized carbons (Fsp3) is 0.450. The first-order chi connectivity index (χ1) is 13.6. The number of urea groups is 1. The number of amides is 2. The second kappa shape index (κ2) is 8.02. The Bertz CT molecular complexity index is 903. The van der Waals surface area contributed by atoms with E-state index < -0.39 is 0 Å². The molecule has 8 heteroatoms. The molecular formula is C20H24N4O4. The van der Waals surface area contributed by atoms with Crippen LogP contribution in [0.3, 0.4) is 0 Å². The zero-order valence-corrected chi connectivity index (χ0v) is 15.9. The number of nitrogens with zero attached hydrogens (tertiary/aromatic N) is 2. The van der Waals surface area contributed by atoms with E-state index in [2.05, 4.69) is 15.3 Å². The molecule has 2 aliphatic rings. The Morgan fingerprint density at radius 3 is 2.93 bits per heavy atom. The molecule has 4 rings (SSSR count). The Balaban J connectivity index is 1.49. The summed E-state index contributed by atoms with van der Waals surface area (Å²) in [5.41, 5.74) is 1.95. The molecule has 2 amide bonds. The third-order valence-electron chi connectivity index (χ3n) is 5.23. The van der Waals surface area contributed by atoms with E-state index in [1.54, 1.807) is 12.0 Å². The number of hydrogen-bond donors (Lipinski definition) is 2. The second-order valence-electron chi connectivity index (χ2n) is 7.06. The minimum atomic E-state index is -0.144. The molecule has 1 aromatic carbocycles. The summed E-state index contributed by atoms with van der Waals surface area (Å²) >= 11 is 0. The molecule has 0 spiro atoms. The SMILES string of the molecule is COc1ccc(-c2nc3c(c(=O)[nH]2)CCN(C(=O)NC[C@H]2CCCO2)C3)cc1. The van der Waals surface area contributed by atoms with Crippen molar-refractivity contribution in [3.05, 3.63) is 45.9 Å². The highest BCUT2D eigenvalue weighted by Gasteiger charge is 2.25. The fourth-order valence-electron chi connectivity index (χ4n) is 3.62. The van der Waals surface area contributed by atoms with Gasteiger partial charge in [-0.25, -0.2) is 9.78 Å². The number of methoxy groups -OCH3 is 1. The molecule has 2 aliphatic heterocycles. The van der Waals surface area contributed by atoms with Crippen molar-refractivity contribution in [3.8, 4) is 17.1 Å². The van der Waals surface area contributed by atoms with Gasteiger partial charge in [-0.15, -0.1) is 0 Å². The van der Waals surface area contributed by atoms with Crippen LogP contribution in [0, 0.1) is 0 Å². The van der Waals surface area contributed by atoms with Crippen LogP contribution in [0.5, 0.6) is 5.75 Å². The first-order valence-corrected chi connectivity index (χ1v) is 9.55. The van der Waals surface area contributed by atoms with Gasteiger partial charge in [0.25, 0.3) is 5.56 Å². The molecular weight excluding hydrogens is 360 g/mol. The highest BCUT2D eigenvalue weighted by atomic mass is 16.5. The number of H-pyrrole nitrogens is 1. The summed E-state index contributed by atoms with van der Waals surface area (Å²) in [5, 5.41) is 2.93. The minimum absolute atomic E-state index is 0.101. The van der Waals surface area contributed by atoms with Crippen molar-refractivity contribution >= 4 is 6.03 Å². The van der Waals surface area contributed by atoms with Gasteiger partial charge in [0.1, 0.15) is 11.6 Å². The van der Waals surface area contributed by atoms with Crippen molar-refractivity contribution in [1.29, 1.82) is 0 Å². The maximum Gasteiger partial charge on any atom is 0.317 e. The lowest BCUT2D eigenvalue weighted by molar-refractivity contribution is 0.108. The summed E-state index contributed by atoms with van der Waals surface area (Å²) in [6.45, 7) is 2.09. The number of carbonyl (C=O) groups excluding carboxylic acids is 1. The van der Waals surface area contributed by atoms with Crippen molar-refractivity contribution in [2.45, 2.75) is 31.9 Å². The summed E-state index contributed by atoms with van der Waals surface area (Å²) in [6, 6.07) is 7.19.